The topological polar surface area (TPSA) is 34.1 Å². The number of hydrogen-bond acceptors (Lipinski definition) is 3. The van der Waals surface area contributed by atoms with Gasteiger partial charge < -0.3 is 4.74 Å². The fraction of sp³-hybridized carbons (Fsp3) is 0.417. The van der Waals surface area contributed by atoms with Crippen molar-refractivity contribution >= 4 is 0 Å². The minimum atomic E-state index is 0.109. The minimum absolute atomic E-state index is 0.109. The number of ether oxygens (including phenoxy) is 1. The monoisotopic (exact) mass is 204 g/mol. The van der Waals surface area contributed by atoms with Crippen LogP contribution in [0.2, 0.25) is 0 Å². The van der Waals surface area contributed by atoms with Crippen molar-refractivity contribution in [3.8, 4) is 18.2 Å². The van der Waals surface area contributed by atoms with Crippen molar-refractivity contribution in [3.63, 3.8) is 0 Å². The summed E-state index contributed by atoms with van der Waals surface area (Å²) in [5.74, 6) is 3.31. The SMILES string of the molecule is C#CC(CC)NCc1cccc(OC)n1. The van der Waals surface area contributed by atoms with Crippen LogP contribution in [0.15, 0.2) is 18.2 Å². The second kappa shape index (κ2) is 6.05. The van der Waals surface area contributed by atoms with E-state index in [9.17, 15) is 0 Å². The predicted molar refractivity (Wildman–Crippen MR) is 60.5 cm³/mol. The van der Waals surface area contributed by atoms with E-state index in [4.69, 9.17) is 11.2 Å². The molecule has 15 heavy (non-hydrogen) atoms. The molecule has 1 atom stereocenters. The van der Waals surface area contributed by atoms with Gasteiger partial charge >= 0.3 is 0 Å². The van der Waals surface area contributed by atoms with E-state index in [0.717, 1.165) is 12.1 Å². The largest absolute Gasteiger partial charge is 0.481 e. The third-order valence-corrected chi connectivity index (χ3v) is 2.13. The van der Waals surface area contributed by atoms with Gasteiger partial charge in [-0.25, -0.2) is 4.98 Å². The first-order valence-electron chi connectivity index (χ1n) is 4.99. The Morgan fingerprint density at radius 1 is 1.60 bits per heavy atom. The van der Waals surface area contributed by atoms with E-state index < -0.39 is 0 Å². The van der Waals surface area contributed by atoms with E-state index >= 15 is 0 Å². The Morgan fingerprint density at radius 2 is 2.40 bits per heavy atom. The van der Waals surface area contributed by atoms with Gasteiger partial charge in [0, 0.05) is 12.6 Å². The summed E-state index contributed by atoms with van der Waals surface area (Å²) in [7, 11) is 1.61. The molecule has 1 unspecified atom stereocenters. The molecule has 0 aliphatic rings. The molecule has 1 heterocycles. The van der Waals surface area contributed by atoms with Gasteiger partial charge in [-0.2, -0.15) is 0 Å². The van der Waals surface area contributed by atoms with E-state index in [2.05, 4.69) is 23.1 Å². The standard InChI is InChI=1S/C12H16N2O/c1-4-10(5-2)13-9-11-7-6-8-12(14-11)15-3/h1,6-8,10,13H,5,9H2,2-3H3. The maximum Gasteiger partial charge on any atom is 0.213 e. The van der Waals surface area contributed by atoms with Crippen LogP contribution < -0.4 is 10.1 Å². The van der Waals surface area contributed by atoms with Gasteiger partial charge in [-0.15, -0.1) is 6.42 Å². The third kappa shape index (κ3) is 3.61. The van der Waals surface area contributed by atoms with Crippen molar-refractivity contribution in [3.05, 3.63) is 23.9 Å². The third-order valence-electron chi connectivity index (χ3n) is 2.13. The molecule has 0 saturated carbocycles. The maximum atomic E-state index is 5.35. The lowest BCUT2D eigenvalue weighted by molar-refractivity contribution is 0.395. The van der Waals surface area contributed by atoms with Crippen molar-refractivity contribution in [2.45, 2.75) is 25.9 Å². The molecule has 1 aromatic heterocycles. The molecule has 0 bridgehead atoms. The molecular formula is C12H16N2O. The Kier molecular flexibility index (Phi) is 4.65. The summed E-state index contributed by atoms with van der Waals surface area (Å²) in [5.41, 5.74) is 0.933. The average molecular weight is 204 g/mol. The van der Waals surface area contributed by atoms with Crippen LogP contribution in [0, 0.1) is 12.3 Å². The molecule has 0 radical (unpaired) electrons. The molecular weight excluding hydrogens is 188 g/mol. The molecule has 0 spiro atoms. The Labute approximate surface area is 90.9 Å². The second-order valence-electron chi connectivity index (χ2n) is 3.18. The molecule has 80 valence electrons. The Morgan fingerprint density at radius 3 is 3.00 bits per heavy atom. The van der Waals surface area contributed by atoms with Crippen LogP contribution in [0.1, 0.15) is 19.0 Å². The molecule has 1 aromatic rings. The average Bonchev–Trinajstić information content (AvgIpc) is 2.31. The molecule has 0 aliphatic heterocycles. The Bertz CT molecular complexity index is 344. The quantitative estimate of drug-likeness (QED) is 0.740. The molecule has 0 fully saturated rings. The van der Waals surface area contributed by atoms with E-state index in [1.165, 1.54) is 0 Å². The van der Waals surface area contributed by atoms with Crippen molar-refractivity contribution in [2.75, 3.05) is 7.11 Å². The van der Waals surface area contributed by atoms with E-state index in [1.807, 2.05) is 18.2 Å². The van der Waals surface area contributed by atoms with Crippen LogP contribution in [0.3, 0.4) is 0 Å². The van der Waals surface area contributed by atoms with E-state index in [0.29, 0.717) is 12.4 Å². The zero-order valence-corrected chi connectivity index (χ0v) is 9.16. The number of pyridine rings is 1. The molecule has 0 amide bonds. The molecule has 3 nitrogen and oxygen atoms in total. The number of methoxy groups -OCH3 is 1. The van der Waals surface area contributed by atoms with Gasteiger partial charge in [0.05, 0.1) is 18.8 Å². The lowest BCUT2D eigenvalue weighted by atomic mass is 10.2. The minimum Gasteiger partial charge on any atom is -0.481 e. The van der Waals surface area contributed by atoms with Gasteiger partial charge in [-0.1, -0.05) is 18.9 Å². The summed E-state index contributed by atoms with van der Waals surface area (Å²) in [6, 6.07) is 5.79. The predicted octanol–water partition coefficient (Wildman–Crippen LogP) is 1.59. The van der Waals surface area contributed by atoms with Crippen molar-refractivity contribution < 1.29 is 4.74 Å². The number of aromatic nitrogens is 1. The fourth-order valence-corrected chi connectivity index (χ4v) is 1.22. The van der Waals surface area contributed by atoms with Crippen LogP contribution in [-0.4, -0.2) is 18.1 Å². The van der Waals surface area contributed by atoms with Crippen molar-refractivity contribution in [1.29, 1.82) is 0 Å². The Hall–Kier alpha value is -1.53. The van der Waals surface area contributed by atoms with Gasteiger partial charge in [-0.05, 0) is 12.5 Å². The zero-order chi connectivity index (χ0) is 11.1. The van der Waals surface area contributed by atoms with Gasteiger partial charge in [0.1, 0.15) is 0 Å². The highest BCUT2D eigenvalue weighted by atomic mass is 16.5. The highest BCUT2D eigenvalue weighted by Crippen LogP contribution is 2.06. The molecule has 0 saturated heterocycles. The highest BCUT2D eigenvalue weighted by Gasteiger charge is 2.02. The first-order chi connectivity index (χ1) is 7.30. The fourth-order valence-electron chi connectivity index (χ4n) is 1.22. The van der Waals surface area contributed by atoms with Crippen LogP contribution in [0.5, 0.6) is 5.88 Å². The normalized spacial score (nSPS) is 11.8. The summed E-state index contributed by atoms with van der Waals surface area (Å²) in [4.78, 5) is 4.28. The molecule has 0 aliphatic carbocycles. The lowest BCUT2D eigenvalue weighted by Gasteiger charge is -2.10. The highest BCUT2D eigenvalue weighted by molar-refractivity contribution is 5.15. The summed E-state index contributed by atoms with van der Waals surface area (Å²) < 4.78 is 5.04. The number of hydrogen-bond donors (Lipinski definition) is 1. The van der Waals surface area contributed by atoms with Gasteiger partial charge in [0.15, 0.2) is 0 Å². The Balaban J connectivity index is 2.54. The first kappa shape index (κ1) is 11.5. The van der Waals surface area contributed by atoms with Crippen LogP contribution in [0.4, 0.5) is 0 Å². The van der Waals surface area contributed by atoms with E-state index in [1.54, 1.807) is 7.11 Å². The number of nitrogens with one attached hydrogen (secondary N) is 1. The van der Waals surface area contributed by atoms with Crippen LogP contribution in [0.25, 0.3) is 0 Å². The molecule has 1 N–H and O–H groups in total. The van der Waals surface area contributed by atoms with Gasteiger partial charge in [0.2, 0.25) is 5.88 Å². The molecule has 0 aromatic carbocycles. The summed E-state index contributed by atoms with van der Waals surface area (Å²) in [6.45, 7) is 2.72. The molecule has 1 rings (SSSR count). The van der Waals surface area contributed by atoms with Gasteiger partial charge in [-0.3, -0.25) is 5.32 Å². The maximum absolute atomic E-state index is 5.35. The van der Waals surface area contributed by atoms with Crippen LogP contribution in [-0.2, 0) is 6.54 Å². The zero-order valence-electron chi connectivity index (χ0n) is 9.16. The second-order valence-corrected chi connectivity index (χ2v) is 3.18. The van der Waals surface area contributed by atoms with Crippen molar-refractivity contribution in [1.82, 2.24) is 10.3 Å². The van der Waals surface area contributed by atoms with E-state index in [-0.39, 0.29) is 6.04 Å². The lowest BCUT2D eigenvalue weighted by Crippen LogP contribution is -2.26. The summed E-state index contributed by atoms with van der Waals surface area (Å²) in [6.07, 6.45) is 6.26. The smallest absolute Gasteiger partial charge is 0.213 e. The first-order valence-corrected chi connectivity index (χ1v) is 4.99. The number of rotatable bonds is 5. The van der Waals surface area contributed by atoms with Crippen molar-refractivity contribution in [2.24, 2.45) is 0 Å². The summed E-state index contributed by atoms with van der Waals surface area (Å²) in [5, 5.41) is 3.23. The van der Waals surface area contributed by atoms with Gasteiger partial charge in [0.25, 0.3) is 0 Å². The van der Waals surface area contributed by atoms with Crippen LogP contribution >= 0.6 is 0 Å². The number of terminal acetylenes is 1. The summed E-state index contributed by atoms with van der Waals surface area (Å²) >= 11 is 0. The molecule has 3 heteroatoms. The number of nitrogens with zero attached hydrogens (tertiary/aromatic N) is 1.